The molecule has 0 aliphatic rings. The van der Waals surface area contributed by atoms with Crippen molar-refractivity contribution < 1.29 is 32.6 Å². The molecular formula is C22H18F2N2O5. The standard InChI is InChI=1S/C22H18F2N2O5/c1-29-18-11-6-15(12-19(18)31-22(23)24)26-21(28)14-4-9-17(10-5-14)30-16-7-2-13(3-8-16)20(25)27/h2-12,22H,1H3,(H2,25,27)(H,26,28). The van der Waals surface area contributed by atoms with E-state index >= 15 is 0 Å². The maximum Gasteiger partial charge on any atom is 0.387 e. The fraction of sp³-hybridized carbons (Fsp3) is 0.0909. The summed E-state index contributed by atoms with van der Waals surface area (Å²) >= 11 is 0. The number of amides is 2. The third-order valence-electron chi connectivity index (χ3n) is 4.13. The molecule has 3 N–H and O–H groups in total. The van der Waals surface area contributed by atoms with E-state index in [1.807, 2.05) is 0 Å². The molecular weight excluding hydrogens is 410 g/mol. The first-order chi connectivity index (χ1) is 14.9. The number of hydrogen-bond donors (Lipinski definition) is 2. The van der Waals surface area contributed by atoms with Gasteiger partial charge in [-0.15, -0.1) is 0 Å². The maximum atomic E-state index is 12.5. The van der Waals surface area contributed by atoms with E-state index in [-0.39, 0.29) is 17.2 Å². The van der Waals surface area contributed by atoms with Gasteiger partial charge in [0.25, 0.3) is 5.91 Å². The van der Waals surface area contributed by atoms with Crippen molar-refractivity contribution >= 4 is 17.5 Å². The smallest absolute Gasteiger partial charge is 0.387 e. The van der Waals surface area contributed by atoms with Crippen molar-refractivity contribution in [3.05, 3.63) is 77.9 Å². The predicted octanol–water partition coefficient (Wildman–Crippen LogP) is 4.44. The summed E-state index contributed by atoms with van der Waals surface area (Å²) in [6, 6.07) is 16.7. The summed E-state index contributed by atoms with van der Waals surface area (Å²) in [5, 5.41) is 2.61. The van der Waals surface area contributed by atoms with E-state index in [1.54, 1.807) is 48.5 Å². The van der Waals surface area contributed by atoms with Gasteiger partial charge in [-0.05, 0) is 60.7 Å². The number of nitrogens with two attached hydrogens (primary N) is 1. The molecule has 9 heteroatoms. The fourth-order valence-corrected chi connectivity index (χ4v) is 2.64. The summed E-state index contributed by atoms with van der Waals surface area (Å²) in [4.78, 5) is 23.6. The lowest BCUT2D eigenvalue weighted by molar-refractivity contribution is -0.0511. The van der Waals surface area contributed by atoms with Crippen LogP contribution in [0, 0.1) is 0 Å². The Labute approximate surface area is 176 Å². The number of nitrogens with one attached hydrogen (secondary N) is 1. The van der Waals surface area contributed by atoms with Gasteiger partial charge in [0.05, 0.1) is 7.11 Å². The molecule has 0 fully saturated rings. The van der Waals surface area contributed by atoms with Gasteiger partial charge in [0, 0.05) is 22.9 Å². The zero-order valence-electron chi connectivity index (χ0n) is 16.3. The van der Waals surface area contributed by atoms with Gasteiger partial charge in [-0.1, -0.05) is 0 Å². The van der Waals surface area contributed by atoms with Crippen LogP contribution in [0.25, 0.3) is 0 Å². The van der Waals surface area contributed by atoms with Gasteiger partial charge >= 0.3 is 6.61 Å². The second kappa shape index (κ2) is 9.57. The summed E-state index contributed by atoms with van der Waals surface area (Å²) in [7, 11) is 1.32. The zero-order chi connectivity index (χ0) is 22.4. The minimum atomic E-state index is -3.03. The summed E-state index contributed by atoms with van der Waals surface area (Å²) in [5.74, 6) is -0.102. The number of primary amides is 1. The van der Waals surface area contributed by atoms with E-state index in [4.69, 9.17) is 15.2 Å². The van der Waals surface area contributed by atoms with Crippen LogP contribution in [0.1, 0.15) is 20.7 Å². The van der Waals surface area contributed by atoms with Crippen molar-refractivity contribution in [2.45, 2.75) is 6.61 Å². The van der Waals surface area contributed by atoms with Crippen LogP contribution < -0.4 is 25.3 Å². The van der Waals surface area contributed by atoms with Gasteiger partial charge in [-0.2, -0.15) is 8.78 Å². The first-order valence-electron chi connectivity index (χ1n) is 8.97. The van der Waals surface area contributed by atoms with E-state index in [0.717, 1.165) is 0 Å². The summed E-state index contributed by atoms with van der Waals surface area (Å²) in [6.07, 6.45) is 0. The Morgan fingerprint density at radius 3 is 1.97 bits per heavy atom. The van der Waals surface area contributed by atoms with Crippen molar-refractivity contribution in [1.82, 2.24) is 0 Å². The summed E-state index contributed by atoms with van der Waals surface area (Å²) in [5.41, 5.74) is 6.14. The Hall–Kier alpha value is -4.14. The van der Waals surface area contributed by atoms with E-state index in [9.17, 15) is 18.4 Å². The minimum absolute atomic E-state index is 0.115. The molecule has 3 rings (SSSR count). The van der Waals surface area contributed by atoms with Crippen molar-refractivity contribution in [3.63, 3.8) is 0 Å². The molecule has 0 aliphatic heterocycles. The summed E-state index contributed by atoms with van der Waals surface area (Å²) < 4.78 is 40.1. The zero-order valence-corrected chi connectivity index (χ0v) is 16.3. The molecule has 2 amide bonds. The molecule has 0 saturated heterocycles. The molecule has 0 saturated carbocycles. The molecule has 0 aromatic heterocycles. The number of anilines is 1. The average molecular weight is 428 g/mol. The summed E-state index contributed by atoms with van der Waals surface area (Å²) in [6.45, 7) is -3.03. The Bertz CT molecular complexity index is 1070. The number of carbonyl (C=O) groups is 2. The van der Waals surface area contributed by atoms with Crippen LogP contribution in [0.3, 0.4) is 0 Å². The van der Waals surface area contributed by atoms with E-state index < -0.39 is 18.4 Å². The minimum Gasteiger partial charge on any atom is -0.493 e. The second-order valence-corrected chi connectivity index (χ2v) is 6.21. The highest BCUT2D eigenvalue weighted by atomic mass is 19.3. The number of carbonyl (C=O) groups excluding carboxylic acids is 2. The monoisotopic (exact) mass is 428 g/mol. The Morgan fingerprint density at radius 2 is 1.45 bits per heavy atom. The number of alkyl halides is 2. The second-order valence-electron chi connectivity index (χ2n) is 6.21. The van der Waals surface area contributed by atoms with Gasteiger partial charge < -0.3 is 25.3 Å². The molecule has 0 spiro atoms. The molecule has 3 aromatic rings. The Morgan fingerprint density at radius 1 is 0.871 bits per heavy atom. The van der Waals surface area contributed by atoms with Gasteiger partial charge in [0.1, 0.15) is 11.5 Å². The van der Waals surface area contributed by atoms with Crippen LogP contribution in [-0.2, 0) is 0 Å². The molecule has 0 atom stereocenters. The normalized spacial score (nSPS) is 10.5. The lowest BCUT2D eigenvalue weighted by Crippen LogP contribution is -2.12. The van der Waals surface area contributed by atoms with Gasteiger partial charge in [-0.3, -0.25) is 9.59 Å². The largest absolute Gasteiger partial charge is 0.493 e. The van der Waals surface area contributed by atoms with Crippen LogP contribution >= 0.6 is 0 Å². The molecule has 0 radical (unpaired) electrons. The van der Waals surface area contributed by atoms with Crippen LogP contribution in [0.4, 0.5) is 14.5 Å². The molecule has 0 bridgehead atoms. The van der Waals surface area contributed by atoms with Crippen LogP contribution in [0.5, 0.6) is 23.0 Å². The third kappa shape index (κ3) is 5.69. The van der Waals surface area contributed by atoms with E-state index in [1.165, 1.54) is 25.3 Å². The highest BCUT2D eigenvalue weighted by molar-refractivity contribution is 6.04. The molecule has 160 valence electrons. The Balaban J connectivity index is 1.67. The Kier molecular flexibility index (Phi) is 6.66. The van der Waals surface area contributed by atoms with Crippen molar-refractivity contribution in [2.24, 2.45) is 5.73 Å². The SMILES string of the molecule is COc1ccc(NC(=O)c2ccc(Oc3ccc(C(N)=O)cc3)cc2)cc1OC(F)F. The number of rotatable bonds is 8. The highest BCUT2D eigenvalue weighted by Crippen LogP contribution is 2.31. The van der Waals surface area contributed by atoms with Crippen molar-refractivity contribution in [2.75, 3.05) is 12.4 Å². The van der Waals surface area contributed by atoms with Crippen LogP contribution in [0.2, 0.25) is 0 Å². The molecule has 3 aromatic carbocycles. The van der Waals surface area contributed by atoms with E-state index in [0.29, 0.717) is 22.6 Å². The third-order valence-corrected chi connectivity index (χ3v) is 4.13. The molecule has 0 heterocycles. The fourth-order valence-electron chi connectivity index (χ4n) is 2.64. The quantitative estimate of drug-likeness (QED) is 0.553. The lowest BCUT2D eigenvalue weighted by atomic mass is 10.2. The topological polar surface area (TPSA) is 99.9 Å². The van der Waals surface area contributed by atoms with Crippen LogP contribution in [0.15, 0.2) is 66.7 Å². The molecule has 0 unspecified atom stereocenters. The first-order valence-corrected chi connectivity index (χ1v) is 8.97. The molecule has 31 heavy (non-hydrogen) atoms. The molecule has 7 nitrogen and oxygen atoms in total. The van der Waals surface area contributed by atoms with Crippen LogP contribution in [-0.4, -0.2) is 25.5 Å². The number of methoxy groups -OCH3 is 1. The number of hydrogen-bond acceptors (Lipinski definition) is 5. The van der Waals surface area contributed by atoms with Gasteiger partial charge in [-0.25, -0.2) is 0 Å². The maximum absolute atomic E-state index is 12.5. The van der Waals surface area contributed by atoms with Crippen molar-refractivity contribution in [1.29, 1.82) is 0 Å². The van der Waals surface area contributed by atoms with Gasteiger partial charge in [0.15, 0.2) is 11.5 Å². The number of halogens is 2. The lowest BCUT2D eigenvalue weighted by Gasteiger charge is -2.12. The predicted molar refractivity (Wildman–Crippen MR) is 109 cm³/mol. The number of ether oxygens (including phenoxy) is 3. The highest BCUT2D eigenvalue weighted by Gasteiger charge is 2.13. The number of benzene rings is 3. The first kappa shape index (κ1) is 21.6. The van der Waals surface area contributed by atoms with Crippen molar-refractivity contribution in [3.8, 4) is 23.0 Å². The molecule has 0 aliphatic carbocycles. The van der Waals surface area contributed by atoms with Gasteiger partial charge in [0.2, 0.25) is 5.91 Å². The average Bonchev–Trinajstić information content (AvgIpc) is 2.74. The van der Waals surface area contributed by atoms with E-state index in [2.05, 4.69) is 10.1 Å².